The van der Waals surface area contributed by atoms with Gasteiger partial charge in [-0.15, -0.1) is 11.3 Å². The normalized spacial score (nSPS) is 13.3. The zero-order valence-corrected chi connectivity index (χ0v) is 12.7. The van der Waals surface area contributed by atoms with E-state index in [4.69, 9.17) is 4.98 Å². The molecule has 0 aliphatic heterocycles. The van der Waals surface area contributed by atoms with Gasteiger partial charge in [0, 0.05) is 0 Å². The molecule has 0 saturated heterocycles. The van der Waals surface area contributed by atoms with Crippen molar-refractivity contribution in [3.8, 4) is 11.1 Å². The Labute approximate surface area is 132 Å². The van der Waals surface area contributed by atoms with Crippen molar-refractivity contribution in [2.45, 2.75) is 5.92 Å². The summed E-state index contributed by atoms with van der Waals surface area (Å²) in [4.78, 5) is 4.91. The van der Waals surface area contributed by atoms with E-state index < -0.39 is 0 Å². The molecule has 2 heteroatoms. The van der Waals surface area contributed by atoms with E-state index in [1.54, 1.807) is 0 Å². The number of benzene rings is 3. The van der Waals surface area contributed by atoms with Crippen LogP contribution in [0, 0.1) is 0 Å². The van der Waals surface area contributed by atoms with Gasteiger partial charge >= 0.3 is 0 Å². The van der Waals surface area contributed by atoms with E-state index >= 15 is 0 Å². The molecule has 0 amide bonds. The van der Waals surface area contributed by atoms with E-state index in [2.05, 4.69) is 72.8 Å². The van der Waals surface area contributed by atoms with Crippen LogP contribution in [-0.4, -0.2) is 4.98 Å². The third-order valence-corrected chi connectivity index (χ3v) is 5.49. The zero-order valence-electron chi connectivity index (χ0n) is 11.9. The van der Waals surface area contributed by atoms with Gasteiger partial charge in [0.2, 0.25) is 0 Å². The number of para-hydroxylation sites is 1. The summed E-state index contributed by atoms with van der Waals surface area (Å²) >= 11 is 1.81. The Morgan fingerprint density at radius 1 is 0.682 bits per heavy atom. The van der Waals surface area contributed by atoms with Crippen LogP contribution >= 0.6 is 11.3 Å². The molecule has 4 aromatic rings. The fraction of sp³-hybridized carbons (Fsp3) is 0.0500. The highest BCUT2D eigenvalue weighted by molar-refractivity contribution is 7.18. The number of thiazole rings is 1. The average Bonchev–Trinajstić information content (AvgIpc) is 3.13. The minimum Gasteiger partial charge on any atom is -0.240 e. The summed E-state index contributed by atoms with van der Waals surface area (Å²) in [6.07, 6.45) is 0. The van der Waals surface area contributed by atoms with Gasteiger partial charge < -0.3 is 0 Å². The molecule has 0 N–H and O–H groups in total. The Bertz CT molecular complexity index is 921. The third kappa shape index (κ3) is 1.62. The first kappa shape index (κ1) is 12.1. The van der Waals surface area contributed by atoms with Crippen LogP contribution in [0.2, 0.25) is 0 Å². The van der Waals surface area contributed by atoms with Crippen molar-refractivity contribution in [3.05, 3.63) is 88.9 Å². The Balaban J connectivity index is 1.80. The van der Waals surface area contributed by atoms with E-state index in [9.17, 15) is 0 Å². The second kappa shape index (κ2) is 4.52. The summed E-state index contributed by atoms with van der Waals surface area (Å²) in [5, 5.41) is 1.19. The molecular weight excluding hydrogens is 286 g/mol. The summed E-state index contributed by atoms with van der Waals surface area (Å²) < 4.78 is 1.26. The molecule has 1 aliphatic carbocycles. The first-order valence-corrected chi connectivity index (χ1v) is 8.27. The van der Waals surface area contributed by atoms with Gasteiger partial charge in [-0.3, -0.25) is 0 Å². The molecule has 0 saturated carbocycles. The Morgan fingerprint density at radius 2 is 1.27 bits per heavy atom. The number of hydrogen-bond donors (Lipinski definition) is 0. The van der Waals surface area contributed by atoms with E-state index in [-0.39, 0.29) is 5.92 Å². The van der Waals surface area contributed by atoms with Crippen molar-refractivity contribution in [2.24, 2.45) is 0 Å². The van der Waals surface area contributed by atoms with Crippen LogP contribution in [0.5, 0.6) is 0 Å². The lowest BCUT2D eigenvalue weighted by Gasteiger charge is -2.09. The number of fused-ring (bicyclic) bond motifs is 4. The highest BCUT2D eigenvalue weighted by atomic mass is 32.1. The largest absolute Gasteiger partial charge is 0.240 e. The van der Waals surface area contributed by atoms with Crippen LogP contribution in [0.1, 0.15) is 22.1 Å². The van der Waals surface area contributed by atoms with Crippen molar-refractivity contribution >= 4 is 21.6 Å². The molecular formula is C20H13NS. The maximum Gasteiger partial charge on any atom is 0.106 e. The minimum absolute atomic E-state index is 0.268. The molecule has 104 valence electrons. The molecule has 1 aromatic heterocycles. The number of rotatable bonds is 1. The van der Waals surface area contributed by atoms with E-state index in [1.807, 2.05) is 11.3 Å². The van der Waals surface area contributed by atoms with E-state index in [1.165, 1.54) is 32.0 Å². The summed E-state index contributed by atoms with van der Waals surface area (Å²) in [6.45, 7) is 0. The fourth-order valence-electron chi connectivity index (χ4n) is 3.44. The van der Waals surface area contributed by atoms with Gasteiger partial charge in [-0.1, -0.05) is 60.7 Å². The topological polar surface area (TPSA) is 12.9 Å². The average molecular weight is 299 g/mol. The van der Waals surface area contributed by atoms with Crippen LogP contribution in [0.4, 0.5) is 0 Å². The highest BCUT2D eigenvalue weighted by Crippen LogP contribution is 2.48. The molecule has 1 heterocycles. The lowest BCUT2D eigenvalue weighted by Crippen LogP contribution is -1.97. The van der Waals surface area contributed by atoms with Crippen LogP contribution < -0.4 is 0 Å². The lowest BCUT2D eigenvalue weighted by molar-refractivity contribution is 0.996. The maximum atomic E-state index is 4.91. The monoisotopic (exact) mass is 299 g/mol. The molecule has 0 fully saturated rings. The van der Waals surface area contributed by atoms with Crippen molar-refractivity contribution in [3.63, 3.8) is 0 Å². The Kier molecular flexibility index (Phi) is 2.49. The smallest absolute Gasteiger partial charge is 0.106 e. The van der Waals surface area contributed by atoms with Gasteiger partial charge in [0.1, 0.15) is 5.01 Å². The molecule has 0 spiro atoms. The summed E-state index contributed by atoms with van der Waals surface area (Å²) in [5.74, 6) is 0.268. The maximum absolute atomic E-state index is 4.91. The van der Waals surface area contributed by atoms with Crippen molar-refractivity contribution in [2.75, 3.05) is 0 Å². The number of hydrogen-bond acceptors (Lipinski definition) is 2. The summed E-state index contributed by atoms with van der Waals surface area (Å²) in [6, 6.07) is 25.8. The van der Waals surface area contributed by atoms with E-state index in [0.29, 0.717) is 0 Å². The minimum atomic E-state index is 0.268. The predicted octanol–water partition coefficient (Wildman–Crippen LogP) is 5.46. The lowest BCUT2D eigenvalue weighted by atomic mass is 9.98. The van der Waals surface area contributed by atoms with E-state index in [0.717, 1.165) is 5.52 Å². The molecule has 22 heavy (non-hydrogen) atoms. The second-order valence-corrected chi connectivity index (χ2v) is 6.69. The van der Waals surface area contributed by atoms with Gasteiger partial charge in [0.15, 0.2) is 0 Å². The van der Waals surface area contributed by atoms with Gasteiger partial charge in [0.05, 0.1) is 16.1 Å². The second-order valence-electron chi connectivity index (χ2n) is 5.63. The molecule has 3 aromatic carbocycles. The van der Waals surface area contributed by atoms with Gasteiger partial charge in [-0.2, -0.15) is 0 Å². The zero-order chi connectivity index (χ0) is 14.5. The van der Waals surface area contributed by atoms with Crippen molar-refractivity contribution in [1.29, 1.82) is 0 Å². The summed E-state index contributed by atoms with van der Waals surface area (Å²) in [7, 11) is 0. The third-order valence-electron chi connectivity index (χ3n) is 4.39. The van der Waals surface area contributed by atoms with Crippen LogP contribution in [-0.2, 0) is 0 Å². The van der Waals surface area contributed by atoms with Crippen LogP contribution in [0.3, 0.4) is 0 Å². The predicted molar refractivity (Wildman–Crippen MR) is 92.4 cm³/mol. The molecule has 0 unspecified atom stereocenters. The fourth-order valence-corrected chi connectivity index (χ4v) is 4.54. The first-order chi connectivity index (χ1) is 10.9. The Morgan fingerprint density at radius 3 is 1.95 bits per heavy atom. The quantitative estimate of drug-likeness (QED) is 0.400. The number of aromatic nitrogens is 1. The van der Waals surface area contributed by atoms with Crippen molar-refractivity contribution < 1.29 is 0 Å². The first-order valence-electron chi connectivity index (χ1n) is 7.45. The molecule has 5 rings (SSSR count). The van der Waals surface area contributed by atoms with Crippen LogP contribution in [0.15, 0.2) is 72.8 Å². The van der Waals surface area contributed by atoms with Crippen LogP contribution in [0.25, 0.3) is 21.3 Å². The molecule has 0 atom stereocenters. The SMILES string of the molecule is c1ccc2c(c1)-c1ccccc1C2c1nc2ccccc2s1. The van der Waals surface area contributed by atoms with Gasteiger partial charge in [0.25, 0.3) is 0 Å². The van der Waals surface area contributed by atoms with Crippen molar-refractivity contribution in [1.82, 2.24) is 4.98 Å². The number of nitrogens with zero attached hydrogens (tertiary/aromatic N) is 1. The highest BCUT2D eigenvalue weighted by Gasteiger charge is 2.31. The summed E-state index contributed by atoms with van der Waals surface area (Å²) in [5.41, 5.74) is 6.56. The van der Waals surface area contributed by atoms with Gasteiger partial charge in [-0.05, 0) is 34.4 Å². The standard InChI is InChI=1S/C20H13NS/c1-3-9-15-13(7-1)14-8-2-4-10-16(14)19(15)20-21-17-11-5-6-12-18(17)22-20/h1-12,19H. The molecule has 0 bridgehead atoms. The molecule has 1 aliphatic rings. The Hall–Kier alpha value is -2.45. The molecule has 0 radical (unpaired) electrons. The molecule has 1 nitrogen and oxygen atoms in total. The van der Waals surface area contributed by atoms with Gasteiger partial charge in [-0.25, -0.2) is 4.98 Å².